The van der Waals surface area contributed by atoms with Crippen LogP contribution in [0, 0.1) is 45.8 Å². The molecule has 4 aliphatic carbocycles. The van der Waals surface area contributed by atoms with Gasteiger partial charge in [0.1, 0.15) is 0 Å². The van der Waals surface area contributed by atoms with Crippen LogP contribution in [0.1, 0.15) is 71.6 Å². The minimum Gasteiger partial charge on any atom is -0.375 e. The zero-order valence-electron chi connectivity index (χ0n) is 16.3. The number of fused-ring (bicyclic) bond motifs is 5. The van der Waals surface area contributed by atoms with Crippen LogP contribution in [-0.2, 0) is 9.47 Å². The van der Waals surface area contributed by atoms with Gasteiger partial charge in [0.2, 0.25) is 0 Å². The number of hydrogen-bond donors (Lipinski definition) is 1. The number of nitrogens with zero attached hydrogens (tertiary/aromatic N) is 1. The second kappa shape index (κ2) is 5.46. The van der Waals surface area contributed by atoms with Crippen LogP contribution in [0.5, 0.6) is 0 Å². The second-order valence-corrected chi connectivity index (χ2v) is 10.4. The minimum absolute atomic E-state index is 0.209. The Hall–Kier alpha value is -0.630. The first kappa shape index (κ1) is 17.5. The summed E-state index contributed by atoms with van der Waals surface area (Å²) in [6.45, 7) is 6.24. The summed E-state index contributed by atoms with van der Waals surface area (Å²) < 4.78 is 12.1. The molecule has 7 unspecified atom stereocenters. The Morgan fingerprint density at radius 3 is 2.38 bits per heavy atom. The van der Waals surface area contributed by atoms with Gasteiger partial charge in [0, 0.05) is 18.3 Å². The summed E-state index contributed by atoms with van der Waals surface area (Å²) in [4.78, 5) is 0. The monoisotopic (exact) mass is 359 g/mol. The van der Waals surface area contributed by atoms with Crippen molar-refractivity contribution in [1.29, 1.82) is 5.26 Å². The van der Waals surface area contributed by atoms with Crippen molar-refractivity contribution < 1.29 is 14.6 Å². The van der Waals surface area contributed by atoms with Crippen molar-refractivity contribution >= 4 is 0 Å². The van der Waals surface area contributed by atoms with E-state index >= 15 is 0 Å². The zero-order chi connectivity index (χ0) is 18.2. The third-order valence-corrected chi connectivity index (χ3v) is 9.82. The molecule has 4 nitrogen and oxygen atoms in total. The molecule has 5 rings (SSSR count). The number of ether oxygens (including phenoxy) is 2. The fraction of sp³-hybridized carbons (Fsp3) is 0.955. The molecule has 5 aliphatic rings. The number of aliphatic hydroxyl groups is 1. The van der Waals surface area contributed by atoms with Crippen LogP contribution in [0.2, 0.25) is 0 Å². The summed E-state index contributed by atoms with van der Waals surface area (Å²) in [5.41, 5.74) is -0.944. The molecule has 1 aliphatic heterocycles. The smallest absolute Gasteiger partial charge is 0.168 e. The van der Waals surface area contributed by atoms with Gasteiger partial charge in [-0.05, 0) is 74.0 Å². The largest absolute Gasteiger partial charge is 0.375 e. The van der Waals surface area contributed by atoms with E-state index < -0.39 is 5.60 Å². The van der Waals surface area contributed by atoms with Crippen LogP contribution >= 0.6 is 0 Å². The lowest BCUT2D eigenvalue weighted by atomic mass is 9.44. The molecular formula is C22H33NO3. The Labute approximate surface area is 157 Å². The van der Waals surface area contributed by atoms with E-state index in [1.54, 1.807) is 0 Å². The van der Waals surface area contributed by atoms with E-state index in [2.05, 4.69) is 19.9 Å². The molecular weight excluding hydrogens is 326 g/mol. The standard InChI is InChI=1S/C22H33NO3/c1-19-9-10-22(25-11-12-26-22)13-15(19)3-4-16-17(19)5-7-20(2)18(16)6-8-21(20,24)14-23/h15-18,24H,3-13H2,1-2H3. The van der Waals surface area contributed by atoms with Crippen LogP contribution in [0.25, 0.3) is 0 Å². The summed E-state index contributed by atoms with van der Waals surface area (Å²) in [7, 11) is 0. The summed E-state index contributed by atoms with van der Waals surface area (Å²) in [5.74, 6) is 2.33. The van der Waals surface area contributed by atoms with E-state index in [0.29, 0.717) is 29.6 Å². The summed E-state index contributed by atoms with van der Waals surface area (Å²) in [6, 6.07) is 2.30. The molecule has 0 bridgehead atoms. The molecule has 4 heteroatoms. The molecule has 4 saturated carbocycles. The molecule has 7 atom stereocenters. The van der Waals surface area contributed by atoms with Crippen molar-refractivity contribution in [2.75, 3.05) is 13.2 Å². The number of rotatable bonds is 0. The van der Waals surface area contributed by atoms with E-state index in [-0.39, 0.29) is 11.2 Å². The Kier molecular flexibility index (Phi) is 3.67. The summed E-state index contributed by atoms with van der Waals surface area (Å²) >= 11 is 0. The highest BCUT2D eigenvalue weighted by atomic mass is 16.7. The molecule has 0 aromatic rings. The Morgan fingerprint density at radius 1 is 0.923 bits per heavy atom. The van der Waals surface area contributed by atoms with E-state index in [9.17, 15) is 10.4 Å². The van der Waals surface area contributed by atoms with Gasteiger partial charge < -0.3 is 14.6 Å². The van der Waals surface area contributed by atoms with Crippen LogP contribution in [0.15, 0.2) is 0 Å². The molecule has 1 N–H and O–H groups in total. The van der Waals surface area contributed by atoms with Gasteiger partial charge in [0.25, 0.3) is 0 Å². The first-order chi connectivity index (χ1) is 12.4. The fourth-order valence-electron chi connectivity index (χ4n) is 8.16. The van der Waals surface area contributed by atoms with Gasteiger partial charge in [-0.3, -0.25) is 0 Å². The lowest BCUT2D eigenvalue weighted by Gasteiger charge is -2.62. The van der Waals surface area contributed by atoms with Crippen molar-refractivity contribution in [3.63, 3.8) is 0 Å². The molecule has 1 saturated heterocycles. The predicted molar refractivity (Wildman–Crippen MR) is 96.9 cm³/mol. The van der Waals surface area contributed by atoms with E-state index in [1.807, 2.05) is 0 Å². The van der Waals surface area contributed by atoms with Gasteiger partial charge in [-0.1, -0.05) is 13.8 Å². The lowest BCUT2D eigenvalue weighted by molar-refractivity contribution is -0.231. The van der Waals surface area contributed by atoms with Crippen LogP contribution < -0.4 is 0 Å². The quantitative estimate of drug-likeness (QED) is 0.663. The summed E-state index contributed by atoms with van der Waals surface area (Å²) in [5, 5.41) is 20.6. The van der Waals surface area contributed by atoms with Crippen LogP contribution in [0.3, 0.4) is 0 Å². The first-order valence-electron chi connectivity index (χ1n) is 10.8. The normalized spacial score (nSPS) is 55.0. The highest BCUT2D eigenvalue weighted by Crippen LogP contribution is 2.69. The fourth-order valence-corrected chi connectivity index (χ4v) is 8.16. The van der Waals surface area contributed by atoms with Gasteiger partial charge in [-0.2, -0.15) is 5.26 Å². The molecule has 0 amide bonds. The van der Waals surface area contributed by atoms with Gasteiger partial charge >= 0.3 is 0 Å². The molecule has 26 heavy (non-hydrogen) atoms. The zero-order valence-corrected chi connectivity index (χ0v) is 16.3. The van der Waals surface area contributed by atoms with Crippen LogP contribution in [0.4, 0.5) is 0 Å². The maximum Gasteiger partial charge on any atom is 0.168 e. The Morgan fingerprint density at radius 2 is 1.65 bits per heavy atom. The van der Waals surface area contributed by atoms with Gasteiger partial charge in [0.05, 0.1) is 19.3 Å². The number of hydrogen-bond acceptors (Lipinski definition) is 4. The highest BCUT2D eigenvalue weighted by Gasteiger charge is 2.66. The molecule has 1 heterocycles. The molecule has 1 spiro atoms. The SMILES string of the molecule is CC12CCC3(CC1CCC1C2CCC2(C)C1CCC2(O)C#N)OCCO3. The predicted octanol–water partition coefficient (Wildman–Crippen LogP) is 4.03. The van der Waals surface area contributed by atoms with E-state index in [4.69, 9.17) is 9.47 Å². The third-order valence-electron chi connectivity index (χ3n) is 9.82. The lowest BCUT2D eigenvalue weighted by Crippen LogP contribution is -2.58. The average Bonchev–Trinajstić information content (AvgIpc) is 3.19. The summed E-state index contributed by atoms with van der Waals surface area (Å²) in [6.07, 6.45) is 9.67. The van der Waals surface area contributed by atoms with Crippen LogP contribution in [-0.4, -0.2) is 29.7 Å². The molecule has 5 fully saturated rings. The van der Waals surface area contributed by atoms with Gasteiger partial charge in [-0.25, -0.2) is 0 Å². The molecule has 0 aromatic carbocycles. The van der Waals surface area contributed by atoms with Gasteiger partial charge in [0.15, 0.2) is 11.4 Å². The average molecular weight is 360 g/mol. The van der Waals surface area contributed by atoms with Crippen molar-refractivity contribution in [2.24, 2.45) is 34.5 Å². The first-order valence-corrected chi connectivity index (χ1v) is 10.8. The third kappa shape index (κ3) is 2.06. The Bertz CT molecular complexity index is 638. The minimum atomic E-state index is -1.11. The van der Waals surface area contributed by atoms with Gasteiger partial charge in [-0.15, -0.1) is 0 Å². The maximum absolute atomic E-state index is 11.0. The van der Waals surface area contributed by atoms with Crippen molar-refractivity contribution in [2.45, 2.75) is 83.0 Å². The number of nitriles is 1. The maximum atomic E-state index is 11.0. The molecule has 144 valence electrons. The Balaban J connectivity index is 1.42. The van der Waals surface area contributed by atoms with Crippen molar-refractivity contribution in [3.8, 4) is 6.07 Å². The van der Waals surface area contributed by atoms with Crippen molar-refractivity contribution in [1.82, 2.24) is 0 Å². The highest BCUT2D eigenvalue weighted by molar-refractivity contribution is 5.21. The van der Waals surface area contributed by atoms with E-state index in [0.717, 1.165) is 44.8 Å². The second-order valence-electron chi connectivity index (χ2n) is 10.4. The topological polar surface area (TPSA) is 62.5 Å². The molecule has 0 aromatic heterocycles. The van der Waals surface area contributed by atoms with Crippen molar-refractivity contribution in [3.05, 3.63) is 0 Å². The molecule has 0 radical (unpaired) electrons. The van der Waals surface area contributed by atoms with E-state index in [1.165, 1.54) is 25.7 Å².